The Morgan fingerprint density at radius 3 is 2.17 bits per heavy atom. The van der Waals surface area contributed by atoms with Crippen LogP contribution in [0.5, 0.6) is 0 Å². The summed E-state index contributed by atoms with van der Waals surface area (Å²) in [5.74, 6) is 0.313. The average Bonchev–Trinajstić information content (AvgIpc) is 2.54. The van der Waals surface area contributed by atoms with E-state index in [0.29, 0.717) is 17.2 Å². The number of rotatable bonds is 6. The molecular formula is C19H23N3O2. The van der Waals surface area contributed by atoms with Crippen molar-refractivity contribution in [3.05, 3.63) is 65.7 Å². The van der Waals surface area contributed by atoms with E-state index in [9.17, 15) is 9.59 Å². The number of hydrogen-bond acceptors (Lipinski definition) is 2. The van der Waals surface area contributed by atoms with Crippen molar-refractivity contribution >= 4 is 17.6 Å². The van der Waals surface area contributed by atoms with Crippen LogP contribution in [0, 0.1) is 5.92 Å². The molecule has 24 heavy (non-hydrogen) atoms. The van der Waals surface area contributed by atoms with E-state index in [1.807, 2.05) is 30.3 Å². The molecule has 0 saturated carbocycles. The minimum Gasteiger partial charge on any atom is -0.351 e. The Balaban J connectivity index is 2.11. The lowest BCUT2D eigenvalue weighted by atomic mass is 9.96. The lowest BCUT2D eigenvalue weighted by Crippen LogP contribution is -2.29. The SMILES string of the molecule is CC(C)C[C@@H](NC(=O)c1ccc(NC(N)=O)cc1)c1ccccc1. The molecule has 5 nitrogen and oxygen atoms in total. The van der Waals surface area contributed by atoms with E-state index in [1.54, 1.807) is 24.3 Å². The predicted octanol–water partition coefficient (Wildman–Crippen LogP) is 3.69. The Bertz CT molecular complexity index is 682. The van der Waals surface area contributed by atoms with Gasteiger partial charge in [-0.2, -0.15) is 0 Å². The number of primary amides is 1. The molecule has 0 bridgehead atoms. The van der Waals surface area contributed by atoms with Crippen LogP contribution in [0.3, 0.4) is 0 Å². The first kappa shape index (κ1) is 17.5. The third-order valence-electron chi connectivity index (χ3n) is 3.63. The summed E-state index contributed by atoms with van der Waals surface area (Å²) in [6.07, 6.45) is 0.858. The zero-order valence-corrected chi connectivity index (χ0v) is 14.0. The first-order chi connectivity index (χ1) is 11.5. The Morgan fingerprint density at radius 1 is 1.00 bits per heavy atom. The van der Waals surface area contributed by atoms with E-state index in [2.05, 4.69) is 24.5 Å². The molecule has 0 radical (unpaired) electrons. The van der Waals surface area contributed by atoms with Crippen LogP contribution in [0.25, 0.3) is 0 Å². The van der Waals surface area contributed by atoms with Crippen molar-refractivity contribution in [1.29, 1.82) is 0 Å². The van der Waals surface area contributed by atoms with E-state index < -0.39 is 6.03 Å². The molecule has 0 heterocycles. The van der Waals surface area contributed by atoms with Gasteiger partial charge in [-0.25, -0.2) is 4.79 Å². The molecule has 0 aliphatic heterocycles. The van der Waals surface area contributed by atoms with Crippen LogP contribution in [0.15, 0.2) is 54.6 Å². The monoisotopic (exact) mass is 325 g/mol. The number of amides is 3. The molecule has 0 fully saturated rings. The summed E-state index contributed by atoms with van der Waals surface area (Å²) in [6.45, 7) is 4.26. The fourth-order valence-electron chi connectivity index (χ4n) is 2.52. The lowest BCUT2D eigenvalue weighted by molar-refractivity contribution is 0.0932. The second-order valence-electron chi connectivity index (χ2n) is 6.13. The number of benzene rings is 2. The molecule has 0 unspecified atom stereocenters. The summed E-state index contributed by atoms with van der Waals surface area (Å²) in [5, 5.41) is 5.56. The van der Waals surface area contributed by atoms with Crippen LogP contribution in [-0.4, -0.2) is 11.9 Å². The number of carbonyl (C=O) groups excluding carboxylic acids is 2. The van der Waals surface area contributed by atoms with Gasteiger partial charge >= 0.3 is 6.03 Å². The maximum atomic E-state index is 12.5. The molecule has 2 rings (SSSR count). The molecule has 5 heteroatoms. The topological polar surface area (TPSA) is 84.2 Å². The van der Waals surface area contributed by atoms with Gasteiger partial charge in [-0.1, -0.05) is 44.2 Å². The molecule has 0 saturated heterocycles. The van der Waals surface area contributed by atoms with Crippen LogP contribution >= 0.6 is 0 Å². The highest BCUT2D eigenvalue weighted by molar-refractivity contribution is 5.95. The molecule has 126 valence electrons. The summed E-state index contributed by atoms with van der Waals surface area (Å²) >= 11 is 0. The van der Waals surface area contributed by atoms with Gasteiger partial charge in [-0.15, -0.1) is 0 Å². The van der Waals surface area contributed by atoms with Crippen LogP contribution in [0.4, 0.5) is 10.5 Å². The van der Waals surface area contributed by atoms with Crippen molar-refractivity contribution in [2.45, 2.75) is 26.3 Å². The maximum Gasteiger partial charge on any atom is 0.316 e. The Labute approximate surface area is 142 Å². The number of nitrogens with one attached hydrogen (secondary N) is 2. The molecule has 2 aromatic rings. The van der Waals surface area contributed by atoms with Gasteiger partial charge < -0.3 is 16.4 Å². The van der Waals surface area contributed by atoms with Crippen molar-refractivity contribution in [3.8, 4) is 0 Å². The summed E-state index contributed by atoms with van der Waals surface area (Å²) in [4.78, 5) is 23.3. The fraction of sp³-hybridized carbons (Fsp3) is 0.263. The minimum absolute atomic E-state index is 0.0397. The molecule has 1 atom stereocenters. The van der Waals surface area contributed by atoms with Gasteiger partial charge in [0, 0.05) is 11.3 Å². The third kappa shape index (κ3) is 5.12. The number of nitrogens with two attached hydrogens (primary N) is 1. The minimum atomic E-state index is -0.631. The van der Waals surface area contributed by atoms with Crippen molar-refractivity contribution in [2.24, 2.45) is 11.7 Å². The quantitative estimate of drug-likeness (QED) is 0.756. The second-order valence-corrected chi connectivity index (χ2v) is 6.13. The average molecular weight is 325 g/mol. The standard InChI is InChI=1S/C19H23N3O2/c1-13(2)12-17(14-6-4-3-5-7-14)22-18(23)15-8-10-16(11-9-15)21-19(20)24/h3-11,13,17H,12H2,1-2H3,(H,22,23)(H3,20,21,24)/t17-/m1/s1. The van der Waals surface area contributed by atoms with Crippen molar-refractivity contribution in [3.63, 3.8) is 0 Å². The van der Waals surface area contributed by atoms with Gasteiger partial charge in [0.15, 0.2) is 0 Å². The molecule has 0 aromatic heterocycles. The lowest BCUT2D eigenvalue weighted by Gasteiger charge is -2.21. The highest BCUT2D eigenvalue weighted by Gasteiger charge is 2.17. The van der Waals surface area contributed by atoms with E-state index in [1.165, 1.54) is 0 Å². The summed E-state index contributed by atoms with van der Waals surface area (Å²) in [7, 11) is 0. The Hall–Kier alpha value is -2.82. The van der Waals surface area contributed by atoms with Gasteiger partial charge in [0.2, 0.25) is 0 Å². The smallest absolute Gasteiger partial charge is 0.316 e. The van der Waals surface area contributed by atoms with Crippen molar-refractivity contribution < 1.29 is 9.59 Å². The normalized spacial score (nSPS) is 11.8. The number of anilines is 1. The Kier molecular flexibility index (Phi) is 5.95. The number of hydrogen-bond donors (Lipinski definition) is 3. The van der Waals surface area contributed by atoms with Gasteiger partial charge in [0.1, 0.15) is 0 Å². The zero-order chi connectivity index (χ0) is 17.5. The van der Waals surface area contributed by atoms with Gasteiger partial charge in [-0.05, 0) is 42.2 Å². The molecule has 0 spiro atoms. The fourth-order valence-corrected chi connectivity index (χ4v) is 2.52. The van der Waals surface area contributed by atoms with E-state index in [4.69, 9.17) is 5.73 Å². The van der Waals surface area contributed by atoms with Gasteiger partial charge in [-0.3, -0.25) is 4.79 Å². The van der Waals surface area contributed by atoms with E-state index in [0.717, 1.165) is 12.0 Å². The third-order valence-corrected chi connectivity index (χ3v) is 3.63. The molecule has 0 aliphatic carbocycles. The first-order valence-electron chi connectivity index (χ1n) is 7.98. The molecule has 3 amide bonds. The highest BCUT2D eigenvalue weighted by Crippen LogP contribution is 2.22. The largest absolute Gasteiger partial charge is 0.351 e. The summed E-state index contributed by atoms with van der Waals surface area (Å²) in [5.41, 5.74) is 7.25. The van der Waals surface area contributed by atoms with E-state index >= 15 is 0 Å². The van der Waals surface area contributed by atoms with Crippen LogP contribution in [0.2, 0.25) is 0 Å². The van der Waals surface area contributed by atoms with Crippen molar-refractivity contribution in [2.75, 3.05) is 5.32 Å². The van der Waals surface area contributed by atoms with Gasteiger partial charge in [0.05, 0.1) is 6.04 Å². The number of urea groups is 1. The Morgan fingerprint density at radius 2 is 1.62 bits per heavy atom. The second kappa shape index (κ2) is 8.15. The highest BCUT2D eigenvalue weighted by atomic mass is 16.2. The summed E-state index contributed by atoms with van der Waals surface area (Å²) in [6, 6.07) is 15.9. The molecule has 4 N–H and O–H groups in total. The maximum absolute atomic E-state index is 12.5. The first-order valence-corrected chi connectivity index (χ1v) is 7.98. The predicted molar refractivity (Wildman–Crippen MR) is 95.8 cm³/mol. The van der Waals surface area contributed by atoms with Gasteiger partial charge in [0.25, 0.3) is 5.91 Å². The summed E-state index contributed by atoms with van der Waals surface area (Å²) < 4.78 is 0. The molecule has 0 aliphatic rings. The number of carbonyl (C=O) groups is 2. The molecular weight excluding hydrogens is 302 g/mol. The van der Waals surface area contributed by atoms with Crippen LogP contribution in [0.1, 0.15) is 42.2 Å². The van der Waals surface area contributed by atoms with Crippen LogP contribution < -0.4 is 16.4 Å². The van der Waals surface area contributed by atoms with Crippen LogP contribution in [-0.2, 0) is 0 Å². The van der Waals surface area contributed by atoms with E-state index in [-0.39, 0.29) is 11.9 Å². The van der Waals surface area contributed by atoms with Crippen molar-refractivity contribution in [1.82, 2.24) is 5.32 Å². The zero-order valence-electron chi connectivity index (χ0n) is 14.0. The molecule has 2 aromatic carbocycles.